The van der Waals surface area contributed by atoms with Crippen LogP contribution >= 0.6 is 203 Å². The molecule has 0 saturated heterocycles. The first-order chi connectivity index (χ1) is 27.0. The number of benzene rings is 4. The van der Waals surface area contributed by atoms with Gasteiger partial charge >= 0.3 is 41.8 Å². The van der Waals surface area contributed by atoms with Gasteiger partial charge in [-0.3, -0.25) is 0 Å². The van der Waals surface area contributed by atoms with E-state index in [1.807, 2.05) is 113 Å². The molecule has 0 unspecified atom stereocenters. The van der Waals surface area contributed by atoms with Gasteiger partial charge in [-0.05, 0) is 252 Å². The molecule has 4 aromatic carbocycles. The predicted molar refractivity (Wildman–Crippen MR) is 270 cm³/mol. The lowest BCUT2D eigenvalue weighted by molar-refractivity contribution is -0.356. The second-order valence-electron chi connectivity index (χ2n) is 11.1. The lowest BCUT2D eigenvalue weighted by Crippen LogP contribution is -2.63. The number of hydrogen-bond acceptors (Lipinski definition) is 11. The van der Waals surface area contributed by atoms with Crippen molar-refractivity contribution in [1.29, 1.82) is 0 Å². The second-order valence-corrected chi connectivity index (χ2v) is 23.2. The van der Waals surface area contributed by atoms with Gasteiger partial charge in [0, 0.05) is 10.7 Å². The van der Waals surface area contributed by atoms with Gasteiger partial charge in [-0.1, -0.05) is 0 Å². The Balaban J connectivity index is 2.08. The molecule has 0 aliphatic heterocycles. The zero-order chi connectivity index (χ0) is 44.7. The van der Waals surface area contributed by atoms with Gasteiger partial charge in [-0.15, -0.1) is 0 Å². The van der Waals surface area contributed by atoms with Crippen LogP contribution in [0.15, 0.2) is 48.5 Å². The highest BCUT2D eigenvalue weighted by Gasteiger charge is 2.75. The number of carbonyl (C=O) groups excluding carboxylic acids is 4. The van der Waals surface area contributed by atoms with Crippen molar-refractivity contribution in [2.75, 3.05) is 5.75 Å². The van der Waals surface area contributed by atoms with E-state index in [4.69, 9.17) is 14.2 Å². The third kappa shape index (κ3) is 12.8. The Kier molecular flexibility index (Phi) is 18.3. The molecule has 0 aliphatic carbocycles. The lowest BCUT2D eigenvalue weighted by Gasteiger charge is -2.37. The van der Waals surface area contributed by atoms with Crippen molar-refractivity contribution in [2.24, 2.45) is 0 Å². The van der Waals surface area contributed by atoms with E-state index < -0.39 is 80.0 Å². The van der Waals surface area contributed by atoms with E-state index in [9.17, 15) is 58.5 Å². The topological polar surface area (TPSA) is 162 Å². The quantitative estimate of drug-likeness (QED) is 0.0488. The van der Waals surface area contributed by atoms with Gasteiger partial charge in [-0.25, -0.2) is 27.6 Å². The monoisotopic (exact) mass is 1860 g/mol. The third-order valence-corrected chi connectivity index (χ3v) is 14.5. The number of ether oxygens (including phenoxy) is 4. The summed E-state index contributed by atoms with van der Waals surface area (Å²) in [4.78, 5) is 55.8. The highest BCUT2D eigenvalue weighted by molar-refractivity contribution is 14.1. The standard InChI is InChI=1S/C32H11F6I9O11S/c33-31(34,35)30(32(36,37)38,9-59(52,53)54)58-29(51)16-8-14(27(49)56-24-19(44)3-11(40)4-20(24)45)13(26(48)55-23-17(42)1-10(39)2-18(23)43)7-15(16)28(50)57-25-21(46)5-12(41)6-22(25)47/h1-8H,9H2,(H,52,53,54)/p-1. The summed E-state index contributed by atoms with van der Waals surface area (Å²) in [5.74, 6) is -11.1. The third-order valence-electron chi connectivity index (χ3n) is 7.07. The Morgan fingerprint density at radius 3 is 0.932 bits per heavy atom. The van der Waals surface area contributed by atoms with E-state index in [-0.39, 0.29) is 30.5 Å². The molecule has 59 heavy (non-hydrogen) atoms. The van der Waals surface area contributed by atoms with E-state index in [0.717, 1.165) is 0 Å². The molecule has 0 heterocycles. The first-order valence-corrected chi connectivity index (χ1v) is 25.8. The highest BCUT2D eigenvalue weighted by Crippen LogP contribution is 2.47. The molecule has 0 saturated carbocycles. The predicted octanol–water partition coefficient (Wildman–Crippen LogP) is 11.4. The maximum Gasteiger partial charge on any atom is 0.438 e. The van der Waals surface area contributed by atoms with E-state index in [2.05, 4.69) is 4.74 Å². The van der Waals surface area contributed by atoms with Crippen LogP contribution in [0.5, 0.6) is 17.2 Å². The van der Waals surface area contributed by atoms with Crippen molar-refractivity contribution in [3.05, 3.63) is 103 Å². The summed E-state index contributed by atoms with van der Waals surface area (Å²) in [5.41, 5.74) is -10.8. The molecule has 0 amide bonds. The number of alkyl halides is 6. The minimum atomic E-state index is -6.81. The van der Waals surface area contributed by atoms with E-state index in [1.54, 1.807) is 115 Å². The Morgan fingerprint density at radius 1 is 0.475 bits per heavy atom. The van der Waals surface area contributed by atoms with Crippen molar-refractivity contribution in [3.8, 4) is 17.2 Å². The molecule has 27 heteroatoms. The van der Waals surface area contributed by atoms with Gasteiger partial charge in [0.1, 0.15) is 0 Å². The van der Waals surface area contributed by atoms with Crippen LogP contribution in [0.1, 0.15) is 41.4 Å². The SMILES string of the molecule is O=C(Oc1c(I)cc(I)cc1I)c1cc(C(=O)Oc2c(I)cc(I)cc2I)c(C(=O)OC(CS(=O)(=O)[O-])(C(F)(F)F)C(F)(F)F)cc1C(=O)Oc1c(I)cc(I)cc1I. The first kappa shape index (κ1) is 52.4. The smallest absolute Gasteiger partial charge is 0.438 e. The molecule has 0 atom stereocenters. The van der Waals surface area contributed by atoms with Gasteiger partial charge in [0.2, 0.25) is 0 Å². The summed E-state index contributed by atoms with van der Waals surface area (Å²) in [7, 11) is -6.48. The summed E-state index contributed by atoms with van der Waals surface area (Å²) in [5, 5.41) is 0. The van der Waals surface area contributed by atoms with Crippen molar-refractivity contribution in [2.45, 2.75) is 18.0 Å². The zero-order valence-corrected chi connectivity index (χ0v) is 47.6. The van der Waals surface area contributed by atoms with Gasteiger partial charge < -0.3 is 23.5 Å². The Morgan fingerprint density at radius 2 is 0.712 bits per heavy atom. The van der Waals surface area contributed by atoms with Crippen LogP contribution in [0.2, 0.25) is 0 Å². The molecule has 4 rings (SSSR count). The van der Waals surface area contributed by atoms with Crippen LogP contribution in [0, 0.1) is 32.1 Å². The molecule has 0 bridgehead atoms. The molecule has 4 aromatic rings. The summed E-state index contributed by atoms with van der Waals surface area (Å²) in [6, 6.07) is 10.0. The molecular weight excluding hydrogens is 1850 g/mol. The van der Waals surface area contributed by atoms with Gasteiger partial charge in [0.15, 0.2) is 17.2 Å². The lowest BCUT2D eigenvalue weighted by atomic mass is 9.97. The number of carbonyl (C=O) groups is 4. The van der Waals surface area contributed by atoms with E-state index in [0.29, 0.717) is 31.1 Å². The Hall–Kier alpha value is 0.820. The Bertz CT molecular complexity index is 2450. The van der Waals surface area contributed by atoms with Crippen molar-refractivity contribution in [3.63, 3.8) is 0 Å². The highest BCUT2D eigenvalue weighted by atomic mass is 127. The van der Waals surface area contributed by atoms with Crippen LogP contribution in [-0.2, 0) is 14.9 Å². The van der Waals surface area contributed by atoms with Crippen LogP contribution in [0.25, 0.3) is 0 Å². The molecule has 0 aromatic heterocycles. The van der Waals surface area contributed by atoms with Crippen LogP contribution < -0.4 is 14.2 Å². The molecular formula is C32H10F6I9O11S-. The maximum atomic E-state index is 14.3. The fraction of sp³-hybridized carbons (Fsp3) is 0.125. The van der Waals surface area contributed by atoms with Gasteiger partial charge in [0.25, 0.3) is 0 Å². The number of esters is 4. The van der Waals surface area contributed by atoms with Crippen LogP contribution in [-0.4, -0.2) is 60.6 Å². The van der Waals surface area contributed by atoms with Crippen LogP contribution in [0.4, 0.5) is 26.3 Å². The average molecular weight is 1860 g/mol. The van der Waals surface area contributed by atoms with E-state index in [1.165, 1.54) is 12.1 Å². The largest absolute Gasteiger partial charge is 0.748 e. The molecule has 0 N–H and O–H groups in total. The summed E-state index contributed by atoms with van der Waals surface area (Å²) in [6.45, 7) is 0. The molecule has 0 aliphatic rings. The van der Waals surface area contributed by atoms with E-state index >= 15 is 0 Å². The second kappa shape index (κ2) is 20.6. The fourth-order valence-electron chi connectivity index (χ4n) is 4.53. The summed E-state index contributed by atoms with van der Waals surface area (Å²) < 4.78 is 145. The minimum Gasteiger partial charge on any atom is -0.748 e. The average Bonchev–Trinajstić information content (AvgIpc) is 3.06. The first-order valence-electron chi connectivity index (χ1n) is 14.5. The summed E-state index contributed by atoms with van der Waals surface area (Å²) in [6.07, 6.45) is -13.6. The molecule has 0 fully saturated rings. The van der Waals surface area contributed by atoms with Crippen molar-refractivity contribution >= 4 is 237 Å². The molecule has 0 spiro atoms. The number of halogens is 15. The van der Waals surface area contributed by atoms with Crippen molar-refractivity contribution in [1.82, 2.24) is 0 Å². The Labute approximate surface area is 451 Å². The number of rotatable bonds is 10. The van der Waals surface area contributed by atoms with Crippen molar-refractivity contribution < 1.29 is 77.4 Å². The number of hydrogen-bond donors (Lipinski definition) is 0. The fourth-order valence-corrected chi connectivity index (χ4v) is 16.8. The molecule has 0 radical (unpaired) electrons. The van der Waals surface area contributed by atoms with Crippen LogP contribution in [0.3, 0.4) is 0 Å². The zero-order valence-electron chi connectivity index (χ0n) is 27.4. The molecule has 316 valence electrons. The van der Waals surface area contributed by atoms with Gasteiger partial charge in [0.05, 0.1) is 59.5 Å². The van der Waals surface area contributed by atoms with Gasteiger partial charge in [-0.2, -0.15) is 26.3 Å². The maximum absolute atomic E-state index is 14.3. The minimum absolute atomic E-state index is 0.0627. The molecule has 11 nitrogen and oxygen atoms in total. The normalized spacial score (nSPS) is 12.2. The summed E-state index contributed by atoms with van der Waals surface area (Å²) >= 11 is 16.6.